The van der Waals surface area contributed by atoms with Gasteiger partial charge in [-0.2, -0.15) is 0 Å². The van der Waals surface area contributed by atoms with E-state index < -0.39 is 17.7 Å². The van der Waals surface area contributed by atoms with Crippen molar-refractivity contribution in [1.82, 2.24) is 0 Å². The molecule has 24 heavy (non-hydrogen) atoms. The number of carbonyl (C=O) groups excluding carboxylic acids is 2. The minimum Gasteiger partial charge on any atom is -0.495 e. The van der Waals surface area contributed by atoms with Crippen molar-refractivity contribution in [3.8, 4) is 5.75 Å². The molecule has 0 amide bonds. The largest absolute Gasteiger partial charge is 0.495 e. The van der Waals surface area contributed by atoms with Crippen LogP contribution in [-0.2, 0) is 19.1 Å². The van der Waals surface area contributed by atoms with Crippen LogP contribution in [0, 0.1) is 7.14 Å². The van der Waals surface area contributed by atoms with Crippen LogP contribution in [0.25, 0.3) is 6.08 Å². The molecular weight excluding hydrogens is 538 g/mol. The van der Waals surface area contributed by atoms with Gasteiger partial charge in [0.15, 0.2) is 0 Å². The zero-order valence-corrected chi connectivity index (χ0v) is 17.4. The van der Waals surface area contributed by atoms with Gasteiger partial charge in [-0.25, -0.2) is 9.59 Å². The lowest BCUT2D eigenvalue weighted by atomic mass is 9.93. The lowest BCUT2D eigenvalue weighted by Crippen LogP contribution is -2.47. The van der Waals surface area contributed by atoms with Gasteiger partial charge in [0, 0.05) is 12.8 Å². The molecule has 2 aliphatic rings. The highest BCUT2D eigenvalue weighted by Crippen LogP contribution is 2.37. The Hall–Kier alpha value is -0.840. The van der Waals surface area contributed by atoms with E-state index in [0.717, 1.165) is 37.7 Å². The van der Waals surface area contributed by atoms with Crippen molar-refractivity contribution in [2.75, 3.05) is 7.11 Å². The van der Waals surface area contributed by atoms with E-state index in [2.05, 4.69) is 45.2 Å². The summed E-state index contributed by atoms with van der Waals surface area (Å²) in [7, 11) is 1.61. The van der Waals surface area contributed by atoms with Crippen LogP contribution < -0.4 is 4.74 Å². The molecular formula is C17H16I2O5. The molecule has 5 nitrogen and oxygen atoms in total. The van der Waals surface area contributed by atoms with Crippen LogP contribution >= 0.6 is 45.2 Å². The second-order valence-electron chi connectivity index (χ2n) is 5.83. The minimum atomic E-state index is -1.05. The molecule has 0 unspecified atom stereocenters. The molecule has 1 aliphatic carbocycles. The fourth-order valence-corrected chi connectivity index (χ4v) is 5.25. The van der Waals surface area contributed by atoms with Crippen LogP contribution in [0.15, 0.2) is 17.7 Å². The molecule has 1 saturated carbocycles. The molecule has 0 atom stereocenters. The molecule has 1 saturated heterocycles. The fourth-order valence-electron chi connectivity index (χ4n) is 2.99. The topological polar surface area (TPSA) is 61.8 Å². The van der Waals surface area contributed by atoms with Gasteiger partial charge in [-0.15, -0.1) is 0 Å². The Morgan fingerprint density at radius 3 is 2.08 bits per heavy atom. The summed E-state index contributed by atoms with van der Waals surface area (Å²) in [4.78, 5) is 24.7. The van der Waals surface area contributed by atoms with Gasteiger partial charge in [0.1, 0.15) is 11.3 Å². The molecule has 1 heterocycles. The zero-order chi connectivity index (χ0) is 17.3. The smallest absolute Gasteiger partial charge is 0.348 e. The van der Waals surface area contributed by atoms with Crippen LogP contribution in [0.2, 0.25) is 0 Å². The number of methoxy groups -OCH3 is 1. The Kier molecular flexibility index (Phi) is 5.38. The van der Waals surface area contributed by atoms with Crippen LogP contribution in [0.1, 0.15) is 37.7 Å². The molecule has 128 valence electrons. The van der Waals surface area contributed by atoms with Crippen LogP contribution in [0.4, 0.5) is 0 Å². The average molecular weight is 554 g/mol. The van der Waals surface area contributed by atoms with Gasteiger partial charge in [0.05, 0.1) is 14.3 Å². The lowest BCUT2D eigenvalue weighted by Gasteiger charge is -2.38. The van der Waals surface area contributed by atoms with Crippen molar-refractivity contribution in [3.05, 3.63) is 30.4 Å². The molecule has 3 rings (SSSR count). The van der Waals surface area contributed by atoms with Gasteiger partial charge in [0.2, 0.25) is 0 Å². The van der Waals surface area contributed by atoms with Crippen molar-refractivity contribution in [2.24, 2.45) is 0 Å². The molecule has 0 aromatic heterocycles. The number of benzene rings is 1. The van der Waals surface area contributed by atoms with Gasteiger partial charge in [0.25, 0.3) is 5.79 Å². The molecule has 2 fully saturated rings. The van der Waals surface area contributed by atoms with E-state index in [1.807, 2.05) is 12.1 Å². The van der Waals surface area contributed by atoms with Crippen LogP contribution in [0.5, 0.6) is 5.75 Å². The van der Waals surface area contributed by atoms with E-state index in [1.54, 1.807) is 7.11 Å². The molecule has 1 aromatic rings. The Balaban J connectivity index is 1.88. The van der Waals surface area contributed by atoms with Gasteiger partial charge < -0.3 is 14.2 Å². The number of hydrogen-bond acceptors (Lipinski definition) is 5. The summed E-state index contributed by atoms with van der Waals surface area (Å²) in [5, 5.41) is 0. The standard InChI is InChI=1S/C17H16I2O5/c1-22-14-12(18)8-10(9-13(14)19)7-11-15(20)23-17(24-16(11)21)5-3-2-4-6-17/h7-9H,2-6H2,1H3. The molecule has 1 aliphatic heterocycles. The summed E-state index contributed by atoms with van der Waals surface area (Å²) >= 11 is 4.31. The third-order valence-corrected chi connectivity index (χ3v) is 5.75. The predicted octanol–water partition coefficient (Wildman–Crippen LogP) is 4.05. The third-order valence-electron chi connectivity index (χ3n) is 4.15. The number of esters is 2. The highest BCUT2D eigenvalue weighted by Gasteiger charge is 2.46. The first-order chi connectivity index (χ1) is 11.4. The highest BCUT2D eigenvalue weighted by atomic mass is 127. The normalized spacial score (nSPS) is 19.7. The van der Waals surface area contributed by atoms with Crippen molar-refractivity contribution in [2.45, 2.75) is 37.9 Å². The summed E-state index contributed by atoms with van der Waals surface area (Å²) in [5.41, 5.74) is 0.663. The van der Waals surface area contributed by atoms with Gasteiger partial charge >= 0.3 is 11.9 Å². The van der Waals surface area contributed by atoms with E-state index in [0.29, 0.717) is 12.8 Å². The Bertz CT molecular complexity index is 675. The van der Waals surface area contributed by atoms with Gasteiger partial charge in [-0.3, -0.25) is 0 Å². The summed E-state index contributed by atoms with van der Waals surface area (Å²) < 4.78 is 18.1. The van der Waals surface area contributed by atoms with E-state index in [1.165, 1.54) is 6.08 Å². The second kappa shape index (κ2) is 7.19. The molecule has 0 N–H and O–H groups in total. The highest BCUT2D eigenvalue weighted by molar-refractivity contribution is 14.1. The van der Waals surface area contributed by atoms with Gasteiger partial charge in [-0.1, -0.05) is 6.42 Å². The number of hydrogen-bond donors (Lipinski definition) is 0. The maximum Gasteiger partial charge on any atom is 0.348 e. The van der Waals surface area contributed by atoms with E-state index in [9.17, 15) is 9.59 Å². The van der Waals surface area contributed by atoms with Crippen molar-refractivity contribution >= 4 is 63.2 Å². The number of rotatable bonds is 2. The molecule has 0 bridgehead atoms. The van der Waals surface area contributed by atoms with E-state index in [4.69, 9.17) is 14.2 Å². The van der Waals surface area contributed by atoms with Crippen LogP contribution in [-0.4, -0.2) is 24.8 Å². The zero-order valence-electron chi connectivity index (χ0n) is 13.1. The molecule has 1 aromatic carbocycles. The van der Waals surface area contributed by atoms with Crippen molar-refractivity contribution < 1.29 is 23.8 Å². The Labute approximate surface area is 167 Å². The van der Waals surface area contributed by atoms with E-state index in [-0.39, 0.29) is 5.57 Å². The molecule has 0 radical (unpaired) electrons. The van der Waals surface area contributed by atoms with Crippen molar-refractivity contribution in [3.63, 3.8) is 0 Å². The first-order valence-electron chi connectivity index (χ1n) is 7.65. The Morgan fingerprint density at radius 1 is 1.04 bits per heavy atom. The third kappa shape index (κ3) is 3.56. The SMILES string of the molecule is COc1c(I)cc(C=C2C(=O)OC3(CCCCC3)OC2=O)cc1I. The first-order valence-corrected chi connectivity index (χ1v) is 9.81. The molecule has 1 spiro atoms. The summed E-state index contributed by atoms with van der Waals surface area (Å²) in [6, 6.07) is 3.69. The minimum absolute atomic E-state index is 0.0667. The van der Waals surface area contributed by atoms with Gasteiger partial charge in [-0.05, 0) is 81.8 Å². The quantitative estimate of drug-likeness (QED) is 0.239. The maximum atomic E-state index is 12.4. The molecule has 7 heteroatoms. The average Bonchev–Trinajstić information content (AvgIpc) is 2.51. The Morgan fingerprint density at radius 2 is 1.58 bits per heavy atom. The van der Waals surface area contributed by atoms with E-state index >= 15 is 0 Å². The number of ether oxygens (including phenoxy) is 3. The first kappa shape index (κ1) is 18.0. The predicted molar refractivity (Wildman–Crippen MR) is 104 cm³/mol. The summed E-state index contributed by atoms with van der Waals surface area (Å²) in [5.74, 6) is -1.48. The maximum absolute atomic E-state index is 12.4. The fraction of sp³-hybridized carbons (Fsp3) is 0.412. The lowest BCUT2D eigenvalue weighted by molar-refractivity contribution is -0.244. The summed E-state index contributed by atoms with van der Waals surface area (Å²) in [6.45, 7) is 0. The van der Waals surface area contributed by atoms with Crippen molar-refractivity contribution in [1.29, 1.82) is 0 Å². The van der Waals surface area contributed by atoms with Crippen LogP contribution in [0.3, 0.4) is 0 Å². The number of halogens is 2. The summed E-state index contributed by atoms with van der Waals surface area (Å²) in [6.07, 6.45) is 5.54. The monoisotopic (exact) mass is 554 g/mol. The second-order valence-corrected chi connectivity index (χ2v) is 8.15. The number of carbonyl (C=O) groups is 2.